The maximum absolute atomic E-state index is 12.7. The molecular weight excluding hydrogens is 310 g/mol. The van der Waals surface area contributed by atoms with E-state index in [1.807, 2.05) is 0 Å². The van der Waals surface area contributed by atoms with E-state index in [9.17, 15) is 14.7 Å². The molecule has 130 valence electrons. The molecule has 1 heterocycles. The van der Waals surface area contributed by atoms with Gasteiger partial charge in [-0.2, -0.15) is 0 Å². The third-order valence-corrected chi connectivity index (χ3v) is 3.89. The molecule has 0 aliphatic heterocycles. The van der Waals surface area contributed by atoms with E-state index >= 15 is 0 Å². The van der Waals surface area contributed by atoms with Gasteiger partial charge in [-0.05, 0) is 18.6 Å². The molecule has 0 amide bonds. The van der Waals surface area contributed by atoms with E-state index < -0.39 is 11.5 Å². The molecule has 2 rings (SSSR count). The molecule has 0 saturated carbocycles. The van der Waals surface area contributed by atoms with Gasteiger partial charge in [0.05, 0.1) is 12.6 Å². The molecule has 0 aliphatic rings. The summed E-state index contributed by atoms with van der Waals surface area (Å²) in [4.78, 5) is 24.0. The second-order valence-corrected chi connectivity index (χ2v) is 5.67. The minimum Gasteiger partial charge on any atom is -0.504 e. The van der Waals surface area contributed by atoms with Crippen LogP contribution in [-0.4, -0.2) is 22.8 Å². The number of aromatic hydroxyl groups is 1. The fourth-order valence-electron chi connectivity index (χ4n) is 2.67. The van der Waals surface area contributed by atoms with E-state index in [-0.39, 0.29) is 11.5 Å². The molecule has 0 unspecified atom stereocenters. The minimum absolute atomic E-state index is 0.322. The van der Waals surface area contributed by atoms with Crippen molar-refractivity contribution in [3.8, 4) is 17.2 Å². The fourth-order valence-corrected chi connectivity index (χ4v) is 2.67. The lowest BCUT2D eigenvalue weighted by molar-refractivity contribution is -0.132. The number of unbranched alkanes of at least 4 members (excludes halogenated alkanes) is 3. The smallest absolute Gasteiger partial charge is 0.308 e. The van der Waals surface area contributed by atoms with Crippen LogP contribution in [0.5, 0.6) is 17.2 Å². The number of methoxy groups -OCH3 is 1. The predicted octanol–water partition coefficient (Wildman–Crippen LogP) is 3.22. The van der Waals surface area contributed by atoms with Gasteiger partial charge in [-0.25, -0.2) is 0 Å². The number of esters is 1. The van der Waals surface area contributed by atoms with Crippen molar-refractivity contribution in [3.05, 3.63) is 28.6 Å². The molecular formula is C18H23NO5. The Bertz CT molecular complexity index is 794. The van der Waals surface area contributed by atoms with Gasteiger partial charge in [0.25, 0.3) is 5.56 Å². The zero-order valence-corrected chi connectivity index (χ0v) is 14.3. The molecule has 1 N–H and O–H groups in total. The second-order valence-electron chi connectivity index (χ2n) is 5.67. The first-order valence-electron chi connectivity index (χ1n) is 8.11. The number of nitrogens with zero attached hydrogens (tertiary/aromatic N) is 1. The average molecular weight is 333 g/mol. The predicted molar refractivity (Wildman–Crippen MR) is 91.9 cm³/mol. The first-order chi connectivity index (χ1) is 11.5. The van der Waals surface area contributed by atoms with Gasteiger partial charge in [-0.1, -0.05) is 26.2 Å². The summed E-state index contributed by atoms with van der Waals surface area (Å²) in [6.45, 7) is 3.80. The second kappa shape index (κ2) is 7.86. The highest BCUT2D eigenvalue weighted by molar-refractivity contribution is 5.89. The maximum Gasteiger partial charge on any atom is 0.308 e. The maximum atomic E-state index is 12.7. The number of aromatic nitrogens is 1. The molecule has 0 radical (unpaired) electrons. The Hall–Kier alpha value is -2.50. The Morgan fingerprint density at radius 1 is 1.25 bits per heavy atom. The van der Waals surface area contributed by atoms with Crippen LogP contribution in [0, 0.1) is 0 Å². The zero-order chi connectivity index (χ0) is 17.7. The van der Waals surface area contributed by atoms with Crippen molar-refractivity contribution in [1.82, 2.24) is 4.57 Å². The van der Waals surface area contributed by atoms with Crippen LogP contribution < -0.4 is 15.0 Å². The lowest BCUT2D eigenvalue weighted by Gasteiger charge is -2.15. The van der Waals surface area contributed by atoms with Crippen LogP contribution in [0.1, 0.15) is 39.5 Å². The normalized spacial score (nSPS) is 10.8. The monoisotopic (exact) mass is 333 g/mol. The van der Waals surface area contributed by atoms with E-state index in [2.05, 4.69) is 6.92 Å². The number of ether oxygens (including phenoxy) is 2. The molecule has 1 aromatic carbocycles. The molecule has 0 fully saturated rings. The third-order valence-electron chi connectivity index (χ3n) is 3.89. The minimum atomic E-state index is -0.646. The Kier molecular flexibility index (Phi) is 5.84. The standard InChI is InChI=1S/C18H23NO5/c1-4-5-6-7-10-19-15-11-13(23-3)8-9-14(15)16(21)17(18(19)22)24-12(2)20/h8-9,11,21H,4-7,10H2,1-3H3. The number of benzene rings is 1. The number of pyridine rings is 1. The van der Waals surface area contributed by atoms with Crippen molar-refractivity contribution in [1.29, 1.82) is 0 Å². The molecule has 0 atom stereocenters. The lowest BCUT2D eigenvalue weighted by atomic mass is 10.1. The summed E-state index contributed by atoms with van der Waals surface area (Å²) < 4.78 is 11.7. The summed E-state index contributed by atoms with van der Waals surface area (Å²) in [6, 6.07) is 5.04. The van der Waals surface area contributed by atoms with E-state index in [1.54, 1.807) is 18.2 Å². The first-order valence-corrected chi connectivity index (χ1v) is 8.11. The van der Waals surface area contributed by atoms with Crippen molar-refractivity contribution < 1.29 is 19.4 Å². The Morgan fingerprint density at radius 3 is 2.62 bits per heavy atom. The molecule has 0 bridgehead atoms. The van der Waals surface area contributed by atoms with Crippen LogP contribution in [-0.2, 0) is 11.3 Å². The quantitative estimate of drug-likeness (QED) is 0.622. The number of rotatable bonds is 7. The van der Waals surface area contributed by atoms with Crippen molar-refractivity contribution in [2.45, 2.75) is 46.1 Å². The number of hydrogen-bond donors (Lipinski definition) is 1. The van der Waals surface area contributed by atoms with Crippen LogP contribution in [0.2, 0.25) is 0 Å². The van der Waals surface area contributed by atoms with Crippen molar-refractivity contribution >= 4 is 16.9 Å². The molecule has 6 nitrogen and oxygen atoms in total. The van der Waals surface area contributed by atoms with Gasteiger partial charge in [-0.15, -0.1) is 0 Å². The third kappa shape index (κ3) is 3.69. The Morgan fingerprint density at radius 2 is 2.00 bits per heavy atom. The van der Waals surface area contributed by atoms with Crippen LogP contribution in [0.3, 0.4) is 0 Å². The Labute approximate surface area is 140 Å². The molecule has 0 aliphatic carbocycles. The van der Waals surface area contributed by atoms with E-state index in [0.717, 1.165) is 25.7 Å². The van der Waals surface area contributed by atoms with Gasteiger partial charge < -0.3 is 19.1 Å². The number of carbonyl (C=O) groups excluding carboxylic acids is 1. The van der Waals surface area contributed by atoms with Gasteiger partial charge in [0.1, 0.15) is 5.75 Å². The first kappa shape index (κ1) is 17.8. The molecule has 0 saturated heterocycles. The van der Waals surface area contributed by atoms with Crippen molar-refractivity contribution in [2.75, 3.05) is 7.11 Å². The summed E-state index contributed by atoms with van der Waals surface area (Å²) >= 11 is 0. The molecule has 0 spiro atoms. The van der Waals surface area contributed by atoms with Gasteiger partial charge >= 0.3 is 5.97 Å². The lowest BCUT2D eigenvalue weighted by Crippen LogP contribution is -2.24. The number of hydrogen-bond acceptors (Lipinski definition) is 5. The van der Waals surface area contributed by atoms with E-state index in [0.29, 0.717) is 23.2 Å². The number of aryl methyl sites for hydroxylation is 1. The number of carbonyl (C=O) groups is 1. The van der Waals surface area contributed by atoms with Crippen molar-refractivity contribution in [3.63, 3.8) is 0 Å². The summed E-state index contributed by atoms with van der Waals surface area (Å²) in [5.41, 5.74) is 0.0456. The van der Waals surface area contributed by atoms with E-state index in [1.165, 1.54) is 18.6 Å². The van der Waals surface area contributed by atoms with Crippen LogP contribution in [0.15, 0.2) is 23.0 Å². The highest BCUT2D eigenvalue weighted by atomic mass is 16.5. The van der Waals surface area contributed by atoms with Gasteiger partial charge in [0.2, 0.25) is 5.75 Å². The summed E-state index contributed by atoms with van der Waals surface area (Å²) in [6.07, 6.45) is 4.01. The van der Waals surface area contributed by atoms with Gasteiger partial charge in [0.15, 0.2) is 5.75 Å². The summed E-state index contributed by atoms with van der Waals surface area (Å²) in [7, 11) is 1.54. The number of fused-ring (bicyclic) bond motifs is 1. The highest BCUT2D eigenvalue weighted by Crippen LogP contribution is 2.33. The summed E-state index contributed by atoms with van der Waals surface area (Å²) in [5, 5.41) is 10.8. The molecule has 2 aromatic rings. The molecule has 1 aromatic heterocycles. The van der Waals surface area contributed by atoms with Gasteiger partial charge in [-0.3, -0.25) is 9.59 Å². The van der Waals surface area contributed by atoms with Crippen LogP contribution >= 0.6 is 0 Å². The van der Waals surface area contributed by atoms with Gasteiger partial charge in [0, 0.05) is 24.9 Å². The fraction of sp³-hybridized carbons (Fsp3) is 0.444. The summed E-state index contributed by atoms with van der Waals surface area (Å²) in [5.74, 6) is -0.704. The largest absolute Gasteiger partial charge is 0.504 e. The molecule has 24 heavy (non-hydrogen) atoms. The van der Waals surface area contributed by atoms with Crippen molar-refractivity contribution in [2.24, 2.45) is 0 Å². The average Bonchev–Trinajstić information content (AvgIpc) is 2.57. The Balaban J connectivity index is 2.60. The van der Waals surface area contributed by atoms with Crippen LogP contribution in [0.4, 0.5) is 0 Å². The topological polar surface area (TPSA) is 77.8 Å². The molecule has 6 heteroatoms. The van der Waals surface area contributed by atoms with Crippen LogP contribution in [0.25, 0.3) is 10.9 Å². The highest BCUT2D eigenvalue weighted by Gasteiger charge is 2.19. The SMILES string of the molecule is CCCCCCn1c(=O)c(OC(C)=O)c(O)c2ccc(OC)cc21. The zero-order valence-electron chi connectivity index (χ0n) is 14.3. The van der Waals surface area contributed by atoms with E-state index in [4.69, 9.17) is 9.47 Å².